The molecule has 2 atom stereocenters. The quantitative estimate of drug-likeness (QED) is 0.180. The van der Waals surface area contributed by atoms with E-state index < -0.39 is 35.7 Å². The first-order chi connectivity index (χ1) is 15.9. The molecule has 7 N–H and O–H groups in total. The highest BCUT2D eigenvalue weighted by Gasteiger charge is 2.26. The van der Waals surface area contributed by atoms with Crippen LogP contribution in [0.3, 0.4) is 0 Å². The van der Waals surface area contributed by atoms with Crippen molar-refractivity contribution in [1.29, 1.82) is 5.41 Å². The van der Waals surface area contributed by atoms with Gasteiger partial charge in [-0.15, -0.1) is 0 Å². The van der Waals surface area contributed by atoms with Crippen molar-refractivity contribution in [3.05, 3.63) is 36.0 Å². The maximum absolute atomic E-state index is 12.7. The van der Waals surface area contributed by atoms with Gasteiger partial charge in [-0.25, -0.2) is 9.59 Å². The molecule has 1 heterocycles. The molecule has 1 aromatic carbocycles. The molecule has 1 aromatic heterocycles. The number of rotatable bonds is 9. The lowest BCUT2D eigenvalue weighted by molar-refractivity contribution is -0.142. The van der Waals surface area contributed by atoms with Gasteiger partial charge in [0.2, 0.25) is 5.91 Å². The average Bonchev–Trinajstić information content (AvgIpc) is 3.13. The van der Waals surface area contributed by atoms with E-state index in [0.29, 0.717) is 35.9 Å². The van der Waals surface area contributed by atoms with Crippen LogP contribution in [0.4, 0.5) is 4.79 Å². The third kappa shape index (κ3) is 7.48. The number of nitrogens with two attached hydrogens (primary N) is 1. The van der Waals surface area contributed by atoms with Crippen molar-refractivity contribution in [2.75, 3.05) is 13.6 Å². The summed E-state index contributed by atoms with van der Waals surface area (Å²) in [6, 6.07) is 4.97. The first kappa shape index (κ1) is 26.7. The van der Waals surface area contributed by atoms with Crippen LogP contribution in [0, 0.1) is 5.41 Å². The minimum atomic E-state index is -1.23. The van der Waals surface area contributed by atoms with Crippen molar-refractivity contribution in [3.8, 4) is 0 Å². The number of fused-ring (bicyclic) bond motifs is 1. The van der Waals surface area contributed by atoms with E-state index in [0.717, 1.165) is 0 Å². The molecule has 0 spiro atoms. The highest BCUT2D eigenvalue weighted by atomic mass is 16.6. The number of aliphatic carboxylic acids is 1. The Hall–Kier alpha value is -3.60. The number of carboxylic acids is 1. The Kier molecular flexibility index (Phi) is 9.02. The second-order valence-corrected chi connectivity index (χ2v) is 8.93. The monoisotopic (exact) mass is 474 g/mol. The topological polar surface area (TPSA) is 172 Å². The van der Waals surface area contributed by atoms with Gasteiger partial charge in [-0.05, 0) is 45.2 Å². The number of nitrogens with zero attached hydrogens (tertiary/aromatic N) is 1. The van der Waals surface area contributed by atoms with E-state index in [2.05, 4.69) is 16.0 Å². The molecule has 186 valence electrons. The summed E-state index contributed by atoms with van der Waals surface area (Å²) in [6.07, 6.45) is 1.78. The molecule has 0 saturated heterocycles. The van der Waals surface area contributed by atoms with Crippen molar-refractivity contribution in [1.82, 2.24) is 20.5 Å². The van der Waals surface area contributed by atoms with E-state index in [9.17, 15) is 19.5 Å². The number of carbonyl (C=O) groups excluding carboxylic acids is 2. The standard InChI is InChI=1S/C23H34N6O5/c1-23(2,3)34-22(33)29-13-14(15-8-5-6-10-18(15)29)12-17(20(31)32)28-19(30)16(24)9-7-11-27-21(25)26-4/h5-6,8,10,13,16-17H,7,9,11-12,24H2,1-4H3,(H,28,30)(H,31,32)(H3,25,26,27)/t16-,17-/m0/s1. The third-order valence-corrected chi connectivity index (χ3v) is 5.00. The van der Waals surface area contributed by atoms with Gasteiger partial charge in [-0.3, -0.25) is 14.8 Å². The summed E-state index contributed by atoms with van der Waals surface area (Å²) in [5.41, 5.74) is 6.40. The van der Waals surface area contributed by atoms with Crippen molar-refractivity contribution < 1.29 is 24.2 Å². The fourth-order valence-corrected chi connectivity index (χ4v) is 3.33. The highest BCUT2D eigenvalue weighted by Crippen LogP contribution is 2.24. The fourth-order valence-electron chi connectivity index (χ4n) is 3.33. The molecule has 2 aromatic rings. The largest absolute Gasteiger partial charge is 0.480 e. The lowest BCUT2D eigenvalue weighted by Gasteiger charge is -2.19. The molecule has 0 aliphatic heterocycles. The summed E-state index contributed by atoms with van der Waals surface area (Å²) in [7, 11) is 1.62. The van der Waals surface area contributed by atoms with Crippen LogP contribution in [0.2, 0.25) is 0 Å². The Labute approximate surface area is 198 Å². The zero-order chi connectivity index (χ0) is 25.5. The predicted molar refractivity (Wildman–Crippen MR) is 129 cm³/mol. The van der Waals surface area contributed by atoms with Crippen molar-refractivity contribution in [2.45, 2.75) is 57.7 Å². The number of ether oxygens (including phenoxy) is 1. The normalized spacial score (nSPS) is 13.1. The summed E-state index contributed by atoms with van der Waals surface area (Å²) in [5.74, 6) is -1.62. The summed E-state index contributed by atoms with van der Waals surface area (Å²) in [6.45, 7) is 5.74. The average molecular weight is 475 g/mol. The summed E-state index contributed by atoms with van der Waals surface area (Å²) in [5, 5.41) is 25.8. The molecule has 0 bridgehead atoms. The first-order valence-corrected chi connectivity index (χ1v) is 11.0. The summed E-state index contributed by atoms with van der Waals surface area (Å²) in [4.78, 5) is 37.1. The fraction of sp³-hybridized carbons (Fsp3) is 0.478. The Morgan fingerprint density at radius 1 is 1.24 bits per heavy atom. The number of hydrogen-bond acceptors (Lipinski definition) is 6. The third-order valence-electron chi connectivity index (χ3n) is 5.00. The molecule has 0 radical (unpaired) electrons. The zero-order valence-electron chi connectivity index (χ0n) is 20.0. The van der Waals surface area contributed by atoms with Gasteiger partial charge in [0.05, 0.1) is 11.6 Å². The number of carbonyl (C=O) groups is 3. The van der Waals surface area contributed by atoms with Crippen molar-refractivity contribution in [3.63, 3.8) is 0 Å². The number of aromatic nitrogens is 1. The molecule has 0 fully saturated rings. The SMILES string of the molecule is CNC(=N)NCCC[C@H](N)C(=O)N[C@@H](Cc1cn(C(=O)OC(C)(C)C)c2ccccc12)C(=O)O. The Morgan fingerprint density at radius 2 is 1.91 bits per heavy atom. The zero-order valence-corrected chi connectivity index (χ0v) is 20.0. The van der Waals surface area contributed by atoms with E-state index >= 15 is 0 Å². The second-order valence-electron chi connectivity index (χ2n) is 8.93. The van der Waals surface area contributed by atoms with Gasteiger partial charge in [0.1, 0.15) is 11.6 Å². The van der Waals surface area contributed by atoms with Crippen molar-refractivity contribution in [2.24, 2.45) is 5.73 Å². The number of nitrogens with one attached hydrogen (secondary N) is 4. The van der Waals surface area contributed by atoms with Gasteiger partial charge >= 0.3 is 12.1 Å². The van der Waals surface area contributed by atoms with Gasteiger partial charge in [-0.1, -0.05) is 18.2 Å². The van der Waals surface area contributed by atoms with Crippen LogP contribution in [0.15, 0.2) is 30.5 Å². The van der Waals surface area contributed by atoms with Crippen LogP contribution in [0.25, 0.3) is 10.9 Å². The van der Waals surface area contributed by atoms with Gasteiger partial charge in [-0.2, -0.15) is 0 Å². The van der Waals surface area contributed by atoms with E-state index in [4.69, 9.17) is 15.9 Å². The number of guanidine groups is 1. The molecule has 0 saturated carbocycles. The second kappa shape index (κ2) is 11.5. The molecule has 2 rings (SSSR count). The van der Waals surface area contributed by atoms with E-state index in [-0.39, 0.29) is 12.4 Å². The minimum absolute atomic E-state index is 0.0367. The maximum Gasteiger partial charge on any atom is 0.419 e. The molecular weight excluding hydrogens is 440 g/mol. The molecule has 11 heteroatoms. The Morgan fingerprint density at radius 3 is 2.53 bits per heavy atom. The molecule has 34 heavy (non-hydrogen) atoms. The van der Waals surface area contributed by atoms with Crippen LogP contribution in [0.5, 0.6) is 0 Å². The maximum atomic E-state index is 12.7. The van der Waals surface area contributed by atoms with E-state index in [1.165, 1.54) is 4.57 Å². The first-order valence-electron chi connectivity index (χ1n) is 11.0. The van der Waals surface area contributed by atoms with E-state index in [1.54, 1.807) is 58.3 Å². The summed E-state index contributed by atoms with van der Waals surface area (Å²) < 4.78 is 6.81. The van der Waals surface area contributed by atoms with Gasteiger partial charge in [0.15, 0.2) is 5.96 Å². The smallest absolute Gasteiger partial charge is 0.419 e. The lowest BCUT2D eigenvalue weighted by Crippen LogP contribution is -2.49. The van der Waals surface area contributed by atoms with Gasteiger partial charge < -0.3 is 31.5 Å². The number of amides is 1. The molecule has 0 unspecified atom stereocenters. The molecule has 11 nitrogen and oxygen atoms in total. The molecule has 0 aliphatic carbocycles. The Balaban J connectivity index is 2.12. The van der Waals surface area contributed by atoms with Crippen molar-refractivity contribution >= 4 is 34.8 Å². The van der Waals surface area contributed by atoms with Crippen LogP contribution in [0.1, 0.15) is 39.2 Å². The summed E-state index contributed by atoms with van der Waals surface area (Å²) >= 11 is 0. The van der Waals surface area contributed by atoms with E-state index in [1.807, 2.05) is 0 Å². The van der Waals surface area contributed by atoms with Crippen LogP contribution in [-0.4, -0.2) is 64.9 Å². The highest BCUT2D eigenvalue weighted by molar-refractivity contribution is 5.93. The number of benzene rings is 1. The predicted octanol–water partition coefficient (Wildman–Crippen LogP) is 1.39. The number of para-hydroxylation sites is 1. The molecular formula is C23H34N6O5. The van der Waals surface area contributed by atoms with Crippen LogP contribution < -0.4 is 21.7 Å². The minimum Gasteiger partial charge on any atom is -0.480 e. The number of carboxylic acid groups (broad SMARTS) is 1. The van der Waals surface area contributed by atoms with Gasteiger partial charge in [0, 0.05) is 31.6 Å². The molecule has 1 amide bonds. The lowest BCUT2D eigenvalue weighted by atomic mass is 10.0. The Bertz CT molecular complexity index is 1040. The van der Waals surface area contributed by atoms with Crippen LogP contribution in [-0.2, 0) is 20.7 Å². The van der Waals surface area contributed by atoms with Crippen LogP contribution >= 0.6 is 0 Å². The molecule has 0 aliphatic rings. The van der Waals surface area contributed by atoms with Gasteiger partial charge in [0.25, 0.3) is 0 Å². The number of hydrogen-bond donors (Lipinski definition) is 6.